The molecule has 0 amide bonds. The first-order valence-electron chi connectivity index (χ1n) is 13.3. The molecule has 0 N–H and O–H groups in total. The molecule has 4 aromatic carbocycles. The molecule has 1 fully saturated rings. The van der Waals surface area contributed by atoms with Crippen molar-refractivity contribution in [2.24, 2.45) is 0 Å². The number of aryl methyl sites for hydroxylation is 2. The van der Waals surface area contributed by atoms with Gasteiger partial charge < -0.3 is 0 Å². The molecule has 0 aromatic heterocycles. The molecule has 0 saturated heterocycles. The van der Waals surface area contributed by atoms with E-state index in [1.807, 2.05) is 30.3 Å². The molecule has 1 heteroatoms. The van der Waals surface area contributed by atoms with Gasteiger partial charge >= 0.3 is 59.5 Å². The average molecular weight is 544 g/mol. The minimum absolute atomic E-state index is 0.180. The fourth-order valence-corrected chi connectivity index (χ4v) is 6.12. The first-order valence-corrected chi connectivity index (χ1v) is 14.5. The predicted octanol–water partition coefficient (Wildman–Crippen LogP) is 10.00. The first-order chi connectivity index (χ1) is 16.4. The number of benzene rings is 2. The molecular formula is C34H44Zr. The van der Waals surface area contributed by atoms with Crippen molar-refractivity contribution in [3.63, 3.8) is 0 Å². The third-order valence-electron chi connectivity index (χ3n) is 7.02. The topological polar surface area (TPSA) is 0 Å². The Balaban J connectivity index is 0.000000231. The Kier molecular flexibility index (Phi) is 9.31. The maximum absolute atomic E-state index is 2.43. The second-order valence-electron chi connectivity index (χ2n) is 12.3. The van der Waals surface area contributed by atoms with Crippen LogP contribution in [0.4, 0.5) is 0 Å². The fraction of sp³-hybridized carbons (Fsp3) is 0.441. The summed E-state index contributed by atoms with van der Waals surface area (Å²) in [6, 6.07) is 21.9. The molecule has 184 valence electrons. The molecule has 1 saturated carbocycles. The Morgan fingerprint density at radius 1 is 0.657 bits per heavy atom. The van der Waals surface area contributed by atoms with Gasteiger partial charge in [-0.2, -0.15) is 18.2 Å². The number of fused-ring (bicyclic) bond motifs is 3. The van der Waals surface area contributed by atoms with Crippen LogP contribution < -0.4 is 0 Å². The summed E-state index contributed by atoms with van der Waals surface area (Å²) in [6.07, 6.45) is 7.32. The molecule has 5 rings (SSSR count). The number of hydrogen-bond acceptors (Lipinski definition) is 0. The summed E-state index contributed by atoms with van der Waals surface area (Å²) >= 11 is 1.69. The summed E-state index contributed by atoms with van der Waals surface area (Å²) in [5.41, 5.74) is 6.06. The van der Waals surface area contributed by atoms with Gasteiger partial charge in [-0.25, -0.2) is 12.1 Å². The van der Waals surface area contributed by atoms with Gasteiger partial charge in [0.05, 0.1) is 0 Å². The van der Waals surface area contributed by atoms with Crippen LogP contribution in [-0.4, -0.2) is 3.21 Å². The summed E-state index contributed by atoms with van der Waals surface area (Å²) in [4.78, 5) is 0. The van der Waals surface area contributed by atoms with E-state index in [9.17, 15) is 0 Å². The van der Waals surface area contributed by atoms with E-state index in [0.29, 0.717) is 0 Å². The van der Waals surface area contributed by atoms with Crippen LogP contribution in [0.1, 0.15) is 95.9 Å². The molecule has 1 aliphatic rings. The Morgan fingerprint density at radius 3 is 1.37 bits per heavy atom. The van der Waals surface area contributed by atoms with Crippen molar-refractivity contribution in [1.29, 1.82) is 0 Å². The second-order valence-corrected chi connectivity index (χ2v) is 14.0. The standard InChI is InChI=1S/C23H29.C6H10.C5H5.Zr/c1-14-9-16-11-17-10-15(2)21(23(6,7)8)13-19(17)18(16)12-20(14)22(3,4)5;1-2-4-6-5-3-1;1-2-4-5-3-1;/h9-13H,1-8H3;1-5H2;1-5H;/q-1;;-1;+2. The van der Waals surface area contributed by atoms with E-state index < -0.39 is 0 Å². The molecule has 0 bridgehead atoms. The summed E-state index contributed by atoms with van der Waals surface area (Å²) in [7, 11) is 0. The quantitative estimate of drug-likeness (QED) is 0.194. The molecule has 0 radical (unpaired) electrons. The van der Waals surface area contributed by atoms with Gasteiger partial charge in [-0.3, -0.25) is 0 Å². The Hall–Kier alpha value is -1.59. The average Bonchev–Trinajstić information content (AvgIpc) is 3.43. The summed E-state index contributed by atoms with van der Waals surface area (Å²) in [5.74, 6) is 0. The molecule has 1 aliphatic carbocycles. The Bertz CT molecular complexity index is 1150. The van der Waals surface area contributed by atoms with Crippen molar-refractivity contribution in [2.45, 2.75) is 98.3 Å². The molecule has 4 aromatic rings. The zero-order chi connectivity index (χ0) is 25.8. The van der Waals surface area contributed by atoms with Gasteiger partial charge in [0, 0.05) is 0 Å². The van der Waals surface area contributed by atoms with Gasteiger partial charge in [-0.1, -0.05) is 75.9 Å². The van der Waals surface area contributed by atoms with Crippen LogP contribution in [0.3, 0.4) is 0 Å². The van der Waals surface area contributed by atoms with E-state index in [1.54, 1.807) is 27.4 Å². The van der Waals surface area contributed by atoms with Crippen molar-refractivity contribution in [2.75, 3.05) is 0 Å². The van der Waals surface area contributed by atoms with E-state index >= 15 is 0 Å². The molecule has 0 atom stereocenters. The number of hydrogen-bond donors (Lipinski definition) is 0. The van der Waals surface area contributed by atoms with Gasteiger partial charge in [0.2, 0.25) is 0 Å². The smallest absolute Gasteiger partial charge is 0.172 e. The van der Waals surface area contributed by atoms with Crippen LogP contribution in [0.2, 0.25) is 0 Å². The van der Waals surface area contributed by atoms with E-state index in [-0.39, 0.29) is 10.8 Å². The van der Waals surface area contributed by atoms with Crippen molar-refractivity contribution in [3.8, 4) is 0 Å². The van der Waals surface area contributed by atoms with Gasteiger partial charge in [-0.05, 0) is 24.7 Å². The van der Waals surface area contributed by atoms with E-state index in [1.165, 1.54) is 75.9 Å². The molecule has 0 aliphatic heterocycles. The maximum Gasteiger partial charge on any atom is -0.172 e. The van der Waals surface area contributed by atoms with Crippen LogP contribution in [0.25, 0.3) is 21.5 Å². The van der Waals surface area contributed by atoms with Crippen LogP contribution >= 0.6 is 0 Å². The predicted molar refractivity (Wildman–Crippen MR) is 154 cm³/mol. The van der Waals surface area contributed by atoms with Gasteiger partial charge in [0.1, 0.15) is 0 Å². The van der Waals surface area contributed by atoms with Gasteiger partial charge in [0.25, 0.3) is 0 Å². The molecule has 0 heterocycles. The molecule has 0 spiro atoms. The summed E-state index contributed by atoms with van der Waals surface area (Å²) in [5, 5.41) is 5.55. The largest absolute Gasteiger partial charge is 0.214 e. The molecule has 0 unspecified atom stereocenters. The minimum Gasteiger partial charge on any atom is -0.214 e. The Labute approximate surface area is 229 Å². The van der Waals surface area contributed by atoms with Crippen LogP contribution in [0, 0.1) is 13.8 Å². The van der Waals surface area contributed by atoms with Gasteiger partial charge in [0.15, 0.2) is 0 Å². The van der Waals surface area contributed by atoms with E-state index in [0.717, 1.165) is 0 Å². The van der Waals surface area contributed by atoms with E-state index in [4.69, 9.17) is 0 Å². The van der Waals surface area contributed by atoms with Crippen molar-refractivity contribution in [1.82, 2.24) is 0 Å². The van der Waals surface area contributed by atoms with Crippen molar-refractivity contribution >= 4 is 24.8 Å². The first kappa shape index (κ1) is 28.0. The third-order valence-corrected chi connectivity index (χ3v) is 8.25. The zero-order valence-corrected chi connectivity index (χ0v) is 25.8. The van der Waals surface area contributed by atoms with Crippen LogP contribution in [0.15, 0.2) is 60.7 Å². The normalized spacial score (nSPS) is 14.4. The third kappa shape index (κ3) is 7.46. The van der Waals surface area contributed by atoms with Crippen LogP contribution in [-0.2, 0) is 35.1 Å². The fourth-order valence-electron chi connectivity index (χ4n) is 5.25. The maximum atomic E-state index is 2.43. The molecule has 0 nitrogen and oxygen atoms in total. The summed E-state index contributed by atoms with van der Waals surface area (Å²) < 4.78 is 1.80. The van der Waals surface area contributed by atoms with Crippen LogP contribution in [0.5, 0.6) is 0 Å². The van der Waals surface area contributed by atoms with Crippen molar-refractivity contribution < 1.29 is 24.2 Å². The monoisotopic (exact) mass is 542 g/mol. The van der Waals surface area contributed by atoms with Gasteiger partial charge in [-0.15, -0.1) is 39.7 Å². The molecular weight excluding hydrogens is 500 g/mol. The SMILES string of the molecule is Cc1cc2[cH-]c3cc(C)c(C(C)(C)C)cc3c2cc1C(C)(C)C.[Zr+2]=[C]1CCCCC1.c1cc[cH-]c1. The number of rotatable bonds is 0. The molecule has 35 heavy (non-hydrogen) atoms. The second kappa shape index (κ2) is 11.6. The van der Waals surface area contributed by atoms with Crippen molar-refractivity contribution in [3.05, 3.63) is 82.9 Å². The summed E-state index contributed by atoms with van der Waals surface area (Å²) in [6.45, 7) is 18.3. The van der Waals surface area contributed by atoms with E-state index in [2.05, 4.69) is 85.7 Å². The zero-order valence-electron chi connectivity index (χ0n) is 23.3. The minimum atomic E-state index is 0.180. The Morgan fingerprint density at radius 2 is 1.09 bits per heavy atom.